The lowest BCUT2D eigenvalue weighted by molar-refractivity contribution is 0.151. The first-order valence-electron chi connectivity index (χ1n) is 7.45. The highest BCUT2D eigenvalue weighted by molar-refractivity contribution is 9.10. The SMILES string of the molecule is C[C@@H](NC1CCN(C(=O)N(C)C)CC1)c1ccc(Br)cc1. The molecular formula is C16H24BrN3O. The minimum absolute atomic E-state index is 0.120. The lowest BCUT2D eigenvalue weighted by Crippen LogP contribution is -2.48. The highest BCUT2D eigenvalue weighted by atomic mass is 79.9. The lowest BCUT2D eigenvalue weighted by atomic mass is 10.0. The summed E-state index contributed by atoms with van der Waals surface area (Å²) in [6.45, 7) is 3.87. The molecule has 116 valence electrons. The molecular weight excluding hydrogens is 330 g/mol. The summed E-state index contributed by atoms with van der Waals surface area (Å²) in [7, 11) is 3.62. The molecule has 1 N–H and O–H groups in total. The van der Waals surface area contributed by atoms with Gasteiger partial charge in [0.25, 0.3) is 0 Å². The quantitative estimate of drug-likeness (QED) is 0.905. The van der Waals surface area contributed by atoms with Gasteiger partial charge in [-0.1, -0.05) is 28.1 Å². The number of carbonyl (C=O) groups is 1. The van der Waals surface area contributed by atoms with Crippen LogP contribution < -0.4 is 5.32 Å². The van der Waals surface area contributed by atoms with E-state index < -0.39 is 0 Å². The van der Waals surface area contributed by atoms with Crippen molar-refractivity contribution in [3.63, 3.8) is 0 Å². The number of likely N-dealkylation sites (tertiary alicyclic amines) is 1. The predicted octanol–water partition coefficient (Wildman–Crippen LogP) is 3.25. The van der Waals surface area contributed by atoms with Crippen molar-refractivity contribution >= 4 is 22.0 Å². The van der Waals surface area contributed by atoms with Crippen LogP contribution in [0.25, 0.3) is 0 Å². The molecule has 0 radical (unpaired) electrons. The summed E-state index contributed by atoms with van der Waals surface area (Å²) in [5, 5.41) is 3.68. The molecule has 1 aromatic rings. The van der Waals surface area contributed by atoms with Gasteiger partial charge in [0.05, 0.1) is 0 Å². The van der Waals surface area contributed by atoms with Crippen LogP contribution in [0.5, 0.6) is 0 Å². The Hall–Kier alpha value is -1.07. The van der Waals surface area contributed by atoms with Gasteiger partial charge in [0, 0.05) is 43.7 Å². The first-order chi connectivity index (χ1) is 9.97. The lowest BCUT2D eigenvalue weighted by Gasteiger charge is -2.35. The van der Waals surface area contributed by atoms with Gasteiger partial charge < -0.3 is 15.1 Å². The Balaban J connectivity index is 1.83. The van der Waals surface area contributed by atoms with E-state index in [4.69, 9.17) is 0 Å². The molecule has 0 unspecified atom stereocenters. The molecule has 0 aliphatic carbocycles. The number of nitrogens with zero attached hydrogens (tertiary/aromatic N) is 2. The Bertz CT molecular complexity index is 467. The van der Waals surface area contributed by atoms with Gasteiger partial charge in [0.1, 0.15) is 0 Å². The van der Waals surface area contributed by atoms with Crippen LogP contribution in [-0.4, -0.2) is 49.1 Å². The van der Waals surface area contributed by atoms with Crippen LogP contribution in [0.3, 0.4) is 0 Å². The fourth-order valence-corrected chi connectivity index (χ4v) is 2.99. The van der Waals surface area contributed by atoms with Gasteiger partial charge in [0.15, 0.2) is 0 Å². The number of hydrogen-bond donors (Lipinski definition) is 1. The Morgan fingerprint density at radius 1 is 1.29 bits per heavy atom. The van der Waals surface area contributed by atoms with E-state index in [9.17, 15) is 4.79 Å². The largest absolute Gasteiger partial charge is 0.331 e. The van der Waals surface area contributed by atoms with Gasteiger partial charge >= 0.3 is 6.03 Å². The van der Waals surface area contributed by atoms with E-state index >= 15 is 0 Å². The minimum Gasteiger partial charge on any atom is -0.331 e. The summed E-state index contributed by atoms with van der Waals surface area (Å²) in [6, 6.07) is 9.37. The number of carbonyl (C=O) groups excluding carboxylic acids is 1. The van der Waals surface area contributed by atoms with Crippen molar-refractivity contribution in [2.75, 3.05) is 27.2 Å². The van der Waals surface area contributed by atoms with E-state index in [1.807, 2.05) is 19.0 Å². The molecule has 21 heavy (non-hydrogen) atoms. The Morgan fingerprint density at radius 2 is 1.86 bits per heavy atom. The molecule has 4 nitrogen and oxygen atoms in total. The molecule has 0 spiro atoms. The third-order valence-corrected chi connectivity index (χ3v) is 4.53. The fourth-order valence-electron chi connectivity index (χ4n) is 2.72. The maximum absolute atomic E-state index is 11.9. The number of nitrogens with one attached hydrogen (secondary N) is 1. The van der Waals surface area contributed by atoms with Crippen LogP contribution in [0, 0.1) is 0 Å². The van der Waals surface area contributed by atoms with Crippen LogP contribution in [-0.2, 0) is 0 Å². The van der Waals surface area contributed by atoms with E-state index in [-0.39, 0.29) is 6.03 Å². The first kappa shape index (κ1) is 16.3. The predicted molar refractivity (Wildman–Crippen MR) is 89.4 cm³/mol. The topological polar surface area (TPSA) is 35.6 Å². The molecule has 2 amide bonds. The number of benzene rings is 1. The van der Waals surface area contributed by atoms with Crippen LogP contribution in [0.4, 0.5) is 4.79 Å². The Kier molecular flexibility index (Phi) is 5.65. The van der Waals surface area contributed by atoms with Crippen LogP contribution in [0.15, 0.2) is 28.7 Å². The Morgan fingerprint density at radius 3 is 2.38 bits per heavy atom. The van der Waals surface area contributed by atoms with Crippen molar-refractivity contribution in [2.45, 2.75) is 31.8 Å². The van der Waals surface area contributed by atoms with Gasteiger partial charge in [-0.25, -0.2) is 4.79 Å². The molecule has 1 aliphatic rings. The smallest absolute Gasteiger partial charge is 0.319 e. The second kappa shape index (κ2) is 7.27. The standard InChI is InChI=1S/C16H24BrN3O/c1-12(13-4-6-14(17)7-5-13)18-15-8-10-20(11-9-15)16(21)19(2)3/h4-7,12,15,18H,8-11H2,1-3H3/t12-/m1/s1. The van der Waals surface area contributed by atoms with Crippen molar-refractivity contribution in [3.05, 3.63) is 34.3 Å². The van der Waals surface area contributed by atoms with Gasteiger partial charge in [-0.15, -0.1) is 0 Å². The molecule has 1 aromatic carbocycles. The number of halogens is 1. The maximum Gasteiger partial charge on any atom is 0.319 e. The van der Waals surface area contributed by atoms with Crippen molar-refractivity contribution in [2.24, 2.45) is 0 Å². The maximum atomic E-state index is 11.9. The summed E-state index contributed by atoms with van der Waals surface area (Å²) in [5.74, 6) is 0. The molecule has 5 heteroatoms. The van der Waals surface area contributed by atoms with Gasteiger partial charge in [-0.3, -0.25) is 0 Å². The average Bonchev–Trinajstić information content (AvgIpc) is 2.47. The second-order valence-electron chi connectivity index (χ2n) is 5.88. The zero-order valence-electron chi connectivity index (χ0n) is 13.0. The molecule has 2 rings (SSSR count). The average molecular weight is 354 g/mol. The third-order valence-electron chi connectivity index (χ3n) is 4.00. The van der Waals surface area contributed by atoms with Crippen molar-refractivity contribution < 1.29 is 4.79 Å². The highest BCUT2D eigenvalue weighted by Gasteiger charge is 2.24. The number of rotatable bonds is 3. The van der Waals surface area contributed by atoms with Gasteiger partial charge in [0.2, 0.25) is 0 Å². The van der Waals surface area contributed by atoms with E-state index in [1.165, 1.54) is 5.56 Å². The first-order valence-corrected chi connectivity index (χ1v) is 8.24. The molecule has 1 heterocycles. The van der Waals surface area contributed by atoms with E-state index in [0.717, 1.165) is 30.4 Å². The Labute approximate surface area is 135 Å². The van der Waals surface area contributed by atoms with Crippen LogP contribution in [0.1, 0.15) is 31.4 Å². The molecule has 1 fully saturated rings. The van der Waals surface area contributed by atoms with E-state index in [1.54, 1.807) is 4.90 Å². The fraction of sp³-hybridized carbons (Fsp3) is 0.562. The van der Waals surface area contributed by atoms with Crippen LogP contribution in [0.2, 0.25) is 0 Å². The summed E-state index contributed by atoms with van der Waals surface area (Å²) in [6.07, 6.45) is 2.03. The molecule has 0 aromatic heterocycles. The van der Waals surface area contributed by atoms with Crippen molar-refractivity contribution in [3.8, 4) is 0 Å². The monoisotopic (exact) mass is 353 g/mol. The number of amides is 2. The van der Waals surface area contributed by atoms with Gasteiger partial charge in [-0.2, -0.15) is 0 Å². The number of hydrogen-bond acceptors (Lipinski definition) is 2. The van der Waals surface area contributed by atoms with Gasteiger partial charge in [-0.05, 0) is 37.5 Å². The molecule has 1 atom stereocenters. The normalized spacial score (nSPS) is 17.6. The summed E-state index contributed by atoms with van der Waals surface area (Å²) < 4.78 is 1.11. The third kappa shape index (κ3) is 4.45. The summed E-state index contributed by atoms with van der Waals surface area (Å²) in [5.41, 5.74) is 1.30. The summed E-state index contributed by atoms with van der Waals surface area (Å²) >= 11 is 3.46. The highest BCUT2D eigenvalue weighted by Crippen LogP contribution is 2.19. The zero-order valence-corrected chi connectivity index (χ0v) is 14.6. The molecule has 1 aliphatic heterocycles. The van der Waals surface area contributed by atoms with E-state index in [2.05, 4.69) is 52.4 Å². The van der Waals surface area contributed by atoms with Crippen LogP contribution >= 0.6 is 15.9 Å². The van der Waals surface area contributed by atoms with E-state index in [0.29, 0.717) is 12.1 Å². The minimum atomic E-state index is 0.120. The second-order valence-corrected chi connectivity index (χ2v) is 6.79. The van der Waals surface area contributed by atoms with Crippen molar-refractivity contribution in [1.82, 2.24) is 15.1 Å². The number of urea groups is 1. The zero-order chi connectivity index (χ0) is 15.4. The number of piperidine rings is 1. The summed E-state index contributed by atoms with van der Waals surface area (Å²) in [4.78, 5) is 15.5. The molecule has 1 saturated heterocycles. The molecule has 0 saturated carbocycles. The van der Waals surface area contributed by atoms with Crippen molar-refractivity contribution in [1.29, 1.82) is 0 Å². The molecule has 0 bridgehead atoms.